The molecule has 1 fully saturated rings. The third-order valence-electron chi connectivity index (χ3n) is 3.97. The molecule has 100 valence electrons. The number of hydrogen-bond acceptors (Lipinski definition) is 3. The second kappa shape index (κ2) is 6.86. The predicted molar refractivity (Wildman–Crippen MR) is 73.1 cm³/mol. The fourth-order valence-corrected chi connectivity index (χ4v) is 2.85. The van der Waals surface area contributed by atoms with Crippen LogP contribution in [0.4, 0.5) is 0 Å². The van der Waals surface area contributed by atoms with E-state index >= 15 is 0 Å². The summed E-state index contributed by atoms with van der Waals surface area (Å²) in [5.74, 6) is 0.715. The van der Waals surface area contributed by atoms with Crippen LogP contribution in [0.1, 0.15) is 44.2 Å². The third-order valence-corrected chi connectivity index (χ3v) is 3.97. The molecule has 1 heterocycles. The monoisotopic (exact) mass is 248 g/mol. The summed E-state index contributed by atoms with van der Waals surface area (Å²) in [7, 11) is 0. The van der Waals surface area contributed by atoms with Gasteiger partial charge in [0, 0.05) is 24.4 Å². The molecule has 1 aromatic rings. The zero-order chi connectivity index (χ0) is 12.8. The van der Waals surface area contributed by atoms with Crippen molar-refractivity contribution in [3.8, 4) is 0 Å². The number of nitrogens with two attached hydrogens (primary N) is 1. The quantitative estimate of drug-likeness (QED) is 0.840. The standard InChI is InChI=1S/C15H24N2O/c16-14(10-12-6-2-1-3-7-12)15(18)11-13-8-4-5-9-17-13/h4-5,8-9,12,14-15,18H,1-3,6-7,10-11,16H2/t14-,15+/m0/s1. The van der Waals surface area contributed by atoms with Crippen molar-refractivity contribution in [3.05, 3.63) is 30.1 Å². The minimum atomic E-state index is -0.471. The first-order chi connectivity index (χ1) is 8.75. The van der Waals surface area contributed by atoms with Crippen molar-refractivity contribution in [2.24, 2.45) is 11.7 Å². The van der Waals surface area contributed by atoms with E-state index in [9.17, 15) is 5.11 Å². The highest BCUT2D eigenvalue weighted by atomic mass is 16.3. The lowest BCUT2D eigenvalue weighted by atomic mass is 9.83. The highest BCUT2D eigenvalue weighted by Crippen LogP contribution is 2.27. The van der Waals surface area contributed by atoms with Gasteiger partial charge in [0.15, 0.2) is 0 Å². The molecule has 0 unspecified atom stereocenters. The van der Waals surface area contributed by atoms with Gasteiger partial charge in [0.25, 0.3) is 0 Å². The van der Waals surface area contributed by atoms with Gasteiger partial charge in [-0.3, -0.25) is 4.98 Å². The maximum atomic E-state index is 10.1. The molecular formula is C15H24N2O. The smallest absolute Gasteiger partial charge is 0.0746 e. The molecule has 0 radical (unpaired) electrons. The molecule has 0 spiro atoms. The topological polar surface area (TPSA) is 59.1 Å². The Kier molecular flexibility index (Phi) is 5.14. The van der Waals surface area contributed by atoms with E-state index in [0.717, 1.165) is 12.1 Å². The molecule has 18 heavy (non-hydrogen) atoms. The Hall–Kier alpha value is -0.930. The Morgan fingerprint density at radius 2 is 2.06 bits per heavy atom. The lowest BCUT2D eigenvalue weighted by Crippen LogP contribution is -2.38. The van der Waals surface area contributed by atoms with Crippen molar-refractivity contribution < 1.29 is 5.11 Å². The fraction of sp³-hybridized carbons (Fsp3) is 0.667. The molecule has 2 atom stereocenters. The zero-order valence-corrected chi connectivity index (χ0v) is 11.0. The first-order valence-corrected chi connectivity index (χ1v) is 7.09. The van der Waals surface area contributed by atoms with Crippen LogP contribution in [-0.2, 0) is 6.42 Å². The molecule has 3 nitrogen and oxygen atoms in total. The average Bonchev–Trinajstić information content (AvgIpc) is 2.41. The first kappa shape index (κ1) is 13.5. The molecule has 3 N–H and O–H groups in total. The zero-order valence-electron chi connectivity index (χ0n) is 11.0. The normalized spacial score (nSPS) is 20.6. The van der Waals surface area contributed by atoms with Gasteiger partial charge < -0.3 is 10.8 Å². The van der Waals surface area contributed by atoms with Crippen molar-refractivity contribution in [2.45, 2.75) is 57.1 Å². The van der Waals surface area contributed by atoms with Gasteiger partial charge in [0.2, 0.25) is 0 Å². The van der Waals surface area contributed by atoms with E-state index in [1.54, 1.807) is 6.20 Å². The van der Waals surface area contributed by atoms with Crippen molar-refractivity contribution in [1.82, 2.24) is 4.98 Å². The van der Waals surface area contributed by atoms with Crippen molar-refractivity contribution in [2.75, 3.05) is 0 Å². The number of aliphatic hydroxyl groups is 1. The van der Waals surface area contributed by atoms with Crippen molar-refractivity contribution in [1.29, 1.82) is 0 Å². The van der Waals surface area contributed by atoms with Gasteiger partial charge in [-0.05, 0) is 24.5 Å². The molecular weight excluding hydrogens is 224 g/mol. The molecule has 0 bridgehead atoms. The lowest BCUT2D eigenvalue weighted by molar-refractivity contribution is 0.126. The number of aliphatic hydroxyl groups excluding tert-OH is 1. The van der Waals surface area contributed by atoms with Gasteiger partial charge in [-0.15, -0.1) is 0 Å². The summed E-state index contributed by atoms with van der Waals surface area (Å²) in [5, 5.41) is 10.1. The summed E-state index contributed by atoms with van der Waals surface area (Å²) in [6, 6.07) is 5.66. The summed E-state index contributed by atoms with van der Waals surface area (Å²) in [4.78, 5) is 4.23. The summed E-state index contributed by atoms with van der Waals surface area (Å²) in [6.45, 7) is 0. The largest absolute Gasteiger partial charge is 0.391 e. The highest BCUT2D eigenvalue weighted by molar-refractivity contribution is 5.05. The van der Waals surface area contributed by atoms with E-state index in [0.29, 0.717) is 12.3 Å². The van der Waals surface area contributed by atoms with Gasteiger partial charge in [-0.25, -0.2) is 0 Å². The Morgan fingerprint density at radius 1 is 1.28 bits per heavy atom. The maximum Gasteiger partial charge on any atom is 0.0746 e. The molecule has 3 heteroatoms. The molecule has 0 aromatic carbocycles. The molecule has 1 aromatic heterocycles. The average molecular weight is 248 g/mol. The van der Waals surface area contributed by atoms with E-state index < -0.39 is 6.10 Å². The SMILES string of the molecule is N[C@@H](CC1CCCCC1)[C@H](O)Cc1ccccn1. The molecule has 1 aliphatic rings. The first-order valence-electron chi connectivity index (χ1n) is 7.09. The molecule has 0 aliphatic heterocycles. The lowest BCUT2D eigenvalue weighted by Gasteiger charge is -2.27. The summed E-state index contributed by atoms with van der Waals surface area (Å²) in [6.07, 6.45) is 9.39. The number of nitrogens with zero attached hydrogens (tertiary/aromatic N) is 1. The number of hydrogen-bond donors (Lipinski definition) is 2. The van der Waals surface area contributed by atoms with Crippen LogP contribution in [0.2, 0.25) is 0 Å². The van der Waals surface area contributed by atoms with Crippen LogP contribution in [0.25, 0.3) is 0 Å². The minimum absolute atomic E-state index is 0.116. The summed E-state index contributed by atoms with van der Waals surface area (Å²) in [5.41, 5.74) is 7.04. The van der Waals surface area contributed by atoms with Gasteiger partial charge in [-0.2, -0.15) is 0 Å². The highest BCUT2D eigenvalue weighted by Gasteiger charge is 2.21. The second-order valence-electron chi connectivity index (χ2n) is 5.50. The van der Waals surface area contributed by atoms with Crippen LogP contribution >= 0.6 is 0 Å². The van der Waals surface area contributed by atoms with Gasteiger partial charge in [0.1, 0.15) is 0 Å². The van der Waals surface area contributed by atoms with E-state index in [-0.39, 0.29) is 6.04 Å². The predicted octanol–water partition coefficient (Wildman–Crippen LogP) is 2.28. The molecule has 0 amide bonds. The van der Waals surface area contributed by atoms with Crippen LogP contribution in [-0.4, -0.2) is 22.2 Å². The summed E-state index contributed by atoms with van der Waals surface area (Å²) >= 11 is 0. The third kappa shape index (κ3) is 4.07. The van der Waals surface area contributed by atoms with Crippen LogP contribution < -0.4 is 5.73 Å². The second-order valence-corrected chi connectivity index (χ2v) is 5.50. The van der Waals surface area contributed by atoms with E-state index in [2.05, 4.69) is 4.98 Å². The number of aromatic nitrogens is 1. The van der Waals surface area contributed by atoms with Crippen LogP contribution in [0.5, 0.6) is 0 Å². The Morgan fingerprint density at radius 3 is 2.72 bits per heavy atom. The fourth-order valence-electron chi connectivity index (χ4n) is 2.85. The van der Waals surface area contributed by atoms with E-state index in [1.807, 2.05) is 18.2 Å². The minimum Gasteiger partial charge on any atom is -0.391 e. The maximum absolute atomic E-state index is 10.1. The molecule has 0 saturated heterocycles. The molecule has 1 saturated carbocycles. The van der Waals surface area contributed by atoms with Crippen molar-refractivity contribution >= 4 is 0 Å². The summed E-state index contributed by atoms with van der Waals surface area (Å²) < 4.78 is 0. The van der Waals surface area contributed by atoms with Gasteiger partial charge in [0.05, 0.1) is 6.10 Å². The van der Waals surface area contributed by atoms with E-state index in [1.165, 1.54) is 32.1 Å². The van der Waals surface area contributed by atoms with E-state index in [4.69, 9.17) is 5.73 Å². The number of rotatable bonds is 5. The van der Waals surface area contributed by atoms with Gasteiger partial charge in [-0.1, -0.05) is 38.2 Å². The Bertz CT molecular complexity index is 336. The molecule has 2 rings (SSSR count). The van der Waals surface area contributed by atoms with Crippen LogP contribution in [0, 0.1) is 5.92 Å². The number of pyridine rings is 1. The Labute approximate surface area is 109 Å². The molecule has 1 aliphatic carbocycles. The van der Waals surface area contributed by atoms with Gasteiger partial charge >= 0.3 is 0 Å². The van der Waals surface area contributed by atoms with Crippen molar-refractivity contribution in [3.63, 3.8) is 0 Å². The van der Waals surface area contributed by atoms with Crippen LogP contribution in [0.3, 0.4) is 0 Å². The Balaban J connectivity index is 1.79. The van der Waals surface area contributed by atoms with Crippen LogP contribution in [0.15, 0.2) is 24.4 Å².